The van der Waals surface area contributed by atoms with E-state index >= 15 is 0 Å². The van der Waals surface area contributed by atoms with E-state index in [0.717, 1.165) is 12.8 Å². The fourth-order valence-corrected chi connectivity index (χ4v) is 1.57. The number of amides is 2. The zero-order valence-electron chi connectivity index (χ0n) is 11.6. The van der Waals surface area contributed by atoms with Crippen LogP contribution >= 0.6 is 0 Å². The third-order valence-electron chi connectivity index (χ3n) is 2.68. The second-order valence-corrected chi connectivity index (χ2v) is 5.04. The summed E-state index contributed by atoms with van der Waals surface area (Å²) in [6.07, 6.45) is 4.98. The molecule has 5 nitrogen and oxygen atoms in total. The summed E-state index contributed by atoms with van der Waals surface area (Å²) in [6, 6.07) is 3.37. The Labute approximate surface area is 113 Å². The number of anilines is 1. The summed E-state index contributed by atoms with van der Waals surface area (Å²) in [5.74, 6) is -0.687. The molecule has 1 rings (SSSR count). The van der Waals surface area contributed by atoms with Gasteiger partial charge in [0.2, 0.25) is 0 Å². The molecule has 1 aromatic rings. The van der Waals surface area contributed by atoms with E-state index in [1.807, 2.05) is 6.92 Å². The van der Waals surface area contributed by atoms with Crippen molar-refractivity contribution in [3.8, 4) is 0 Å². The van der Waals surface area contributed by atoms with Crippen LogP contribution in [0.25, 0.3) is 0 Å². The van der Waals surface area contributed by atoms with Crippen molar-refractivity contribution in [2.24, 2.45) is 5.92 Å². The average Bonchev–Trinajstić information content (AvgIpc) is 2.37. The number of carbonyl (C=O) groups excluding carboxylic acids is 2. The maximum absolute atomic E-state index is 11.7. The van der Waals surface area contributed by atoms with Gasteiger partial charge in [-0.25, -0.2) is 0 Å². The van der Waals surface area contributed by atoms with Gasteiger partial charge in [-0.2, -0.15) is 0 Å². The van der Waals surface area contributed by atoms with Crippen molar-refractivity contribution in [1.82, 2.24) is 10.3 Å². The van der Waals surface area contributed by atoms with Gasteiger partial charge < -0.3 is 10.6 Å². The number of nitrogens with zero attached hydrogens (tertiary/aromatic N) is 1. The third-order valence-corrected chi connectivity index (χ3v) is 2.68. The Morgan fingerprint density at radius 1 is 1.21 bits per heavy atom. The molecule has 0 saturated carbocycles. The standard InChI is InChI=1S/C14H21N3O2/c1-10(2)6-7-11(3)16-13(18)14(19)17-12-5-4-8-15-9-12/h4-5,8-11H,6-7H2,1-3H3,(H,16,18)(H,17,19). The lowest BCUT2D eigenvalue weighted by Gasteiger charge is -2.14. The number of rotatable bonds is 5. The van der Waals surface area contributed by atoms with Gasteiger partial charge in [-0.15, -0.1) is 0 Å². The summed E-state index contributed by atoms with van der Waals surface area (Å²) < 4.78 is 0. The fourth-order valence-electron chi connectivity index (χ4n) is 1.57. The van der Waals surface area contributed by atoms with E-state index < -0.39 is 11.8 Å². The SMILES string of the molecule is CC(C)CCC(C)NC(=O)C(=O)Nc1cccnc1. The highest BCUT2D eigenvalue weighted by atomic mass is 16.2. The van der Waals surface area contributed by atoms with Crippen molar-refractivity contribution >= 4 is 17.5 Å². The third kappa shape index (κ3) is 5.99. The number of nitrogens with one attached hydrogen (secondary N) is 2. The Bertz CT molecular complexity index is 418. The van der Waals surface area contributed by atoms with Gasteiger partial charge in [0.05, 0.1) is 11.9 Å². The zero-order valence-corrected chi connectivity index (χ0v) is 11.6. The molecule has 2 amide bonds. The maximum Gasteiger partial charge on any atom is 0.313 e. The molecule has 1 heterocycles. The van der Waals surface area contributed by atoms with Crippen molar-refractivity contribution in [2.45, 2.75) is 39.7 Å². The van der Waals surface area contributed by atoms with Crippen molar-refractivity contribution in [3.63, 3.8) is 0 Å². The predicted octanol–water partition coefficient (Wildman–Crippen LogP) is 1.96. The zero-order chi connectivity index (χ0) is 14.3. The van der Waals surface area contributed by atoms with Crippen molar-refractivity contribution in [1.29, 1.82) is 0 Å². The van der Waals surface area contributed by atoms with E-state index in [9.17, 15) is 9.59 Å². The molecule has 0 bridgehead atoms. The summed E-state index contributed by atoms with van der Waals surface area (Å²) >= 11 is 0. The van der Waals surface area contributed by atoms with Crippen LogP contribution in [-0.2, 0) is 9.59 Å². The van der Waals surface area contributed by atoms with Gasteiger partial charge in [0, 0.05) is 12.2 Å². The second-order valence-electron chi connectivity index (χ2n) is 5.04. The first kappa shape index (κ1) is 15.1. The molecule has 1 atom stereocenters. The molecule has 0 aromatic carbocycles. The quantitative estimate of drug-likeness (QED) is 0.798. The van der Waals surface area contributed by atoms with Crippen LogP contribution in [0.1, 0.15) is 33.6 Å². The van der Waals surface area contributed by atoms with Gasteiger partial charge in [0.1, 0.15) is 0 Å². The predicted molar refractivity (Wildman–Crippen MR) is 74.5 cm³/mol. The summed E-state index contributed by atoms with van der Waals surface area (Å²) in [4.78, 5) is 27.2. The minimum absolute atomic E-state index is 0.00505. The Morgan fingerprint density at radius 3 is 2.53 bits per heavy atom. The van der Waals surface area contributed by atoms with Crippen LogP contribution in [0.2, 0.25) is 0 Å². The molecular formula is C14H21N3O2. The summed E-state index contributed by atoms with van der Waals surface area (Å²) in [5, 5.41) is 5.18. The van der Waals surface area contributed by atoms with Crippen LogP contribution in [-0.4, -0.2) is 22.8 Å². The van der Waals surface area contributed by atoms with Crippen LogP contribution in [0.4, 0.5) is 5.69 Å². The lowest BCUT2D eigenvalue weighted by atomic mass is 10.0. The van der Waals surface area contributed by atoms with E-state index in [2.05, 4.69) is 29.5 Å². The Balaban J connectivity index is 2.38. The number of aromatic nitrogens is 1. The van der Waals surface area contributed by atoms with E-state index in [0.29, 0.717) is 11.6 Å². The summed E-state index contributed by atoms with van der Waals surface area (Å²) in [6.45, 7) is 6.16. The van der Waals surface area contributed by atoms with Gasteiger partial charge in [-0.05, 0) is 37.8 Å². The molecule has 5 heteroatoms. The van der Waals surface area contributed by atoms with Crippen LogP contribution in [0.3, 0.4) is 0 Å². The van der Waals surface area contributed by atoms with Crippen LogP contribution in [0.15, 0.2) is 24.5 Å². The number of hydrogen-bond donors (Lipinski definition) is 2. The molecule has 0 aliphatic rings. The van der Waals surface area contributed by atoms with Gasteiger partial charge in [-0.3, -0.25) is 14.6 Å². The highest BCUT2D eigenvalue weighted by molar-refractivity contribution is 6.39. The molecular weight excluding hydrogens is 242 g/mol. The molecule has 0 spiro atoms. The number of pyridine rings is 1. The van der Waals surface area contributed by atoms with Gasteiger partial charge in [0.15, 0.2) is 0 Å². The summed E-state index contributed by atoms with van der Waals surface area (Å²) in [7, 11) is 0. The molecule has 104 valence electrons. The monoisotopic (exact) mass is 263 g/mol. The maximum atomic E-state index is 11.7. The average molecular weight is 263 g/mol. The first-order valence-corrected chi connectivity index (χ1v) is 6.51. The molecule has 1 unspecified atom stereocenters. The van der Waals surface area contributed by atoms with Crippen LogP contribution in [0.5, 0.6) is 0 Å². The Hall–Kier alpha value is -1.91. The normalized spacial score (nSPS) is 12.0. The number of hydrogen-bond acceptors (Lipinski definition) is 3. The lowest BCUT2D eigenvalue weighted by molar-refractivity contribution is -0.136. The topological polar surface area (TPSA) is 71.1 Å². The van der Waals surface area contributed by atoms with E-state index in [1.54, 1.807) is 18.3 Å². The highest BCUT2D eigenvalue weighted by Crippen LogP contribution is 2.06. The van der Waals surface area contributed by atoms with Gasteiger partial charge >= 0.3 is 11.8 Å². The Morgan fingerprint density at radius 2 is 1.95 bits per heavy atom. The van der Waals surface area contributed by atoms with Crippen LogP contribution < -0.4 is 10.6 Å². The van der Waals surface area contributed by atoms with Crippen molar-refractivity contribution < 1.29 is 9.59 Å². The molecule has 0 aliphatic heterocycles. The minimum atomic E-state index is -0.663. The van der Waals surface area contributed by atoms with Crippen molar-refractivity contribution in [3.05, 3.63) is 24.5 Å². The molecule has 0 saturated heterocycles. The highest BCUT2D eigenvalue weighted by Gasteiger charge is 2.16. The molecule has 19 heavy (non-hydrogen) atoms. The molecule has 0 fully saturated rings. The minimum Gasteiger partial charge on any atom is -0.345 e. The van der Waals surface area contributed by atoms with Crippen molar-refractivity contribution in [2.75, 3.05) is 5.32 Å². The molecule has 2 N–H and O–H groups in total. The van der Waals surface area contributed by atoms with E-state index in [1.165, 1.54) is 6.20 Å². The van der Waals surface area contributed by atoms with Gasteiger partial charge in [0.25, 0.3) is 0 Å². The first-order chi connectivity index (χ1) is 8.99. The summed E-state index contributed by atoms with van der Waals surface area (Å²) in [5.41, 5.74) is 0.512. The second kappa shape index (κ2) is 7.51. The Kier molecular flexibility index (Phi) is 5.99. The van der Waals surface area contributed by atoms with E-state index in [-0.39, 0.29) is 6.04 Å². The van der Waals surface area contributed by atoms with Gasteiger partial charge in [-0.1, -0.05) is 13.8 Å². The largest absolute Gasteiger partial charge is 0.345 e. The van der Waals surface area contributed by atoms with E-state index in [4.69, 9.17) is 0 Å². The molecule has 1 aromatic heterocycles. The molecule has 0 aliphatic carbocycles. The lowest BCUT2D eigenvalue weighted by Crippen LogP contribution is -2.40. The number of carbonyl (C=O) groups is 2. The first-order valence-electron chi connectivity index (χ1n) is 6.51. The fraction of sp³-hybridized carbons (Fsp3) is 0.500. The van der Waals surface area contributed by atoms with Crippen LogP contribution in [0, 0.1) is 5.92 Å². The smallest absolute Gasteiger partial charge is 0.313 e. The molecule has 0 radical (unpaired) electrons.